The molecule has 0 bridgehead atoms. The minimum Gasteiger partial charge on any atom is -0.489 e. The Hall–Kier alpha value is -3.48. The van der Waals surface area contributed by atoms with Crippen molar-refractivity contribution in [3.8, 4) is 5.75 Å². The summed E-state index contributed by atoms with van der Waals surface area (Å²) >= 11 is 12.3. The summed E-state index contributed by atoms with van der Waals surface area (Å²) in [5, 5.41) is 1.67. The fraction of sp³-hybridized carbons (Fsp3) is 0.214. The minimum atomic E-state index is -0.491. The fourth-order valence-electron chi connectivity index (χ4n) is 4.12. The third kappa shape index (κ3) is 5.50. The number of rotatable bonds is 9. The predicted octanol–water partition coefficient (Wildman–Crippen LogP) is 6.61. The van der Waals surface area contributed by atoms with Crippen molar-refractivity contribution in [2.75, 3.05) is 24.7 Å². The number of carbonyl (C=O) groups is 2. The second-order valence-electron chi connectivity index (χ2n) is 8.10. The molecule has 0 atom stereocenters. The Bertz CT molecular complexity index is 1390. The maximum Gasteiger partial charge on any atom is 0.358 e. The summed E-state index contributed by atoms with van der Waals surface area (Å²) in [7, 11) is 0. The van der Waals surface area contributed by atoms with Gasteiger partial charge in [-0.15, -0.1) is 0 Å². The van der Waals surface area contributed by atoms with Crippen LogP contribution in [-0.4, -0.2) is 36.2 Å². The number of nitrogens with zero attached hydrogens (tertiary/aromatic N) is 2. The Labute approximate surface area is 219 Å². The van der Waals surface area contributed by atoms with Gasteiger partial charge in [-0.1, -0.05) is 59.6 Å². The van der Waals surface area contributed by atoms with Gasteiger partial charge in [0.05, 0.1) is 28.7 Å². The quantitative estimate of drug-likeness (QED) is 0.231. The highest BCUT2D eigenvalue weighted by molar-refractivity contribution is 6.42. The van der Waals surface area contributed by atoms with E-state index < -0.39 is 5.97 Å². The first-order chi connectivity index (χ1) is 17.4. The monoisotopic (exact) mass is 524 g/mol. The van der Waals surface area contributed by atoms with E-state index in [1.165, 1.54) is 6.92 Å². The number of amides is 1. The molecular weight excluding hydrogens is 499 g/mol. The molecular formula is C28H26Cl2N2O4. The molecule has 0 saturated heterocycles. The summed E-state index contributed by atoms with van der Waals surface area (Å²) in [4.78, 5) is 27.1. The maximum absolute atomic E-state index is 13.2. The fourth-order valence-corrected chi connectivity index (χ4v) is 4.44. The molecule has 1 amide bonds. The zero-order chi connectivity index (χ0) is 25.7. The van der Waals surface area contributed by atoms with Crippen molar-refractivity contribution < 1.29 is 19.1 Å². The normalized spacial score (nSPS) is 10.9. The topological polar surface area (TPSA) is 60.8 Å². The zero-order valence-corrected chi connectivity index (χ0v) is 21.6. The van der Waals surface area contributed by atoms with E-state index in [2.05, 4.69) is 0 Å². The molecule has 0 unspecified atom stereocenters. The number of aromatic nitrogens is 1. The predicted molar refractivity (Wildman–Crippen MR) is 143 cm³/mol. The summed E-state index contributed by atoms with van der Waals surface area (Å²) in [5.41, 5.74) is 2.77. The van der Waals surface area contributed by atoms with Crippen LogP contribution in [0.3, 0.4) is 0 Å². The van der Waals surface area contributed by atoms with Gasteiger partial charge in [0.25, 0.3) is 0 Å². The number of fused-ring (bicyclic) bond motifs is 1. The molecule has 4 aromatic rings. The van der Waals surface area contributed by atoms with Crippen molar-refractivity contribution in [1.82, 2.24) is 4.57 Å². The maximum atomic E-state index is 13.2. The number of hydrogen-bond acceptors (Lipinski definition) is 4. The van der Waals surface area contributed by atoms with Crippen LogP contribution < -0.4 is 9.64 Å². The SMILES string of the molecule is CCOC(=O)c1c(OCCN(C(C)=O)c2ccccc2)c2ccccc2n1Cc1ccc(Cl)c(Cl)c1. The summed E-state index contributed by atoms with van der Waals surface area (Å²) in [5.74, 6) is -0.173. The van der Waals surface area contributed by atoms with Crippen molar-refractivity contribution in [2.45, 2.75) is 20.4 Å². The van der Waals surface area contributed by atoms with E-state index in [1.54, 1.807) is 24.0 Å². The van der Waals surface area contributed by atoms with Gasteiger partial charge < -0.3 is 18.9 Å². The van der Waals surface area contributed by atoms with E-state index in [0.29, 0.717) is 34.6 Å². The minimum absolute atomic E-state index is 0.0996. The number of ether oxygens (including phenoxy) is 2. The molecule has 36 heavy (non-hydrogen) atoms. The number of carbonyl (C=O) groups excluding carboxylic acids is 2. The van der Waals surface area contributed by atoms with Crippen LogP contribution in [0.25, 0.3) is 10.9 Å². The number of hydrogen-bond donors (Lipinski definition) is 0. The van der Waals surface area contributed by atoms with E-state index in [1.807, 2.05) is 65.2 Å². The highest BCUT2D eigenvalue weighted by Gasteiger charge is 2.26. The summed E-state index contributed by atoms with van der Waals surface area (Å²) in [6, 6.07) is 22.4. The Morgan fingerprint density at radius 1 is 0.944 bits per heavy atom. The van der Waals surface area contributed by atoms with Crippen LogP contribution in [-0.2, 0) is 16.1 Å². The second kappa shape index (κ2) is 11.5. The second-order valence-corrected chi connectivity index (χ2v) is 8.92. The highest BCUT2D eigenvalue weighted by atomic mass is 35.5. The first-order valence-electron chi connectivity index (χ1n) is 11.6. The van der Waals surface area contributed by atoms with Gasteiger partial charge in [-0.2, -0.15) is 0 Å². The van der Waals surface area contributed by atoms with Gasteiger partial charge in [0, 0.05) is 24.5 Å². The molecule has 6 nitrogen and oxygen atoms in total. The van der Waals surface area contributed by atoms with Crippen molar-refractivity contribution in [3.63, 3.8) is 0 Å². The Balaban J connectivity index is 1.71. The zero-order valence-electron chi connectivity index (χ0n) is 20.0. The molecule has 8 heteroatoms. The number of esters is 1. The number of benzene rings is 3. The first-order valence-corrected chi connectivity index (χ1v) is 12.3. The lowest BCUT2D eigenvalue weighted by atomic mass is 10.2. The Kier molecular flexibility index (Phi) is 8.18. The van der Waals surface area contributed by atoms with Crippen LogP contribution in [0.5, 0.6) is 5.75 Å². The van der Waals surface area contributed by atoms with Gasteiger partial charge in [-0.3, -0.25) is 4.79 Å². The van der Waals surface area contributed by atoms with Crippen LogP contribution in [0.2, 0.25) is 10.0 Å². The Morgan fingerprint density at radius 2 is 1.67 bits per heavy atom. The molecule has 0 aliphatic heterocycles. The molecule has 0 aliphatic rings. The average Bonchev–Trinajstić information content (AvgIpc) is 3.18. The summed E-state index contributed by atoms with van der Waals surface area (Å²) in [6.07, 6.45) is 0. The van der Waals surface area contributed by atoms with Gasteiger partial charge in [-0.05, 0) is 48.9 Å². The van der Waals surface area contributed by atoms with Gasteiger partial charge in [-0.25, -0.2) is 4.79 Å². The number of para-hydroxylation sites is 2. The van der Waals surface area contributed by atoms with Gasteiger partial charge in [0.2, 0.25) is 5.91 Å². The molecule has 0 saturated carbocycles. The average molecular weight is 525 g/mol. The van der Waals surface area contributed by atoms with E-state index >= 15 is 0 Å². The highest BCUT2D eigenvalue weighted by Crippen LogP contribution is 2.35. The lowest BCUT2D eigenvalue weighted by Crippen LogP contribution is -2.32. The third-order valence-electron chi connectivity index (χ3n) is 5.73. The number of anilines is 1. The van der Waals surface area contributed by atoms with E-state index in [4.69, 9.17) is 32.7 Å². The lowest BCUT2D eigenvalue weighted by Gasteiger charge is -2.21. The third-order valence-corrected chi connectivity index (χ3v) is 6.47. The van der Waals surface area contributed by atoms with Gasteiger partial charge in [0.1, 0.15) is 6.61 Å². The molecule has 0 spiro atoms. The van der Waals surface area contributed by atoms with Crippen molar-refractivity contribution >= 4 is 51.7 Å². The van der Waals surface area contributed by atoms with Crippen LogP contribution >= 0.6 is 23.2 Å². The molecule has 1 aromatic heterocycles. The van der Waals surface area contributed by atoms with Crippen LogP contribution in [0, 0.1) is 0 Å². The molecule has 3 aromatic carbocycles. The molecule has 0 fully saturated rings. The molecule has 186 valence electrons. The van der Waals surface area contributed by atoms with Crippen molar-refractivity contribution in [2.24, 2.45) is 0 Å². The van der Waals surface area contributed by atoms with Gasteiger partial charge >= 0.3 is 5.97 Å². The molecule has 1 heterocycles. The van der Waals surface area contributed by atoms with Gasteiger partial charge in [0.15, 0.2) is 11.4 Å². The van der Waals surface area contributed by atoms with E-state index in [-0.39, 0.29) is 19.1 Å². The smallest absolute Gasteiger partial charge is 0.358 e. The van der Waals surface area contributed by atoms with Crippen LogP contribution in [0.4, 0.5) is 5.69 Å². The first kappa shape index (κ1) is 25.6. The standard InChI is InChI=1S/C28H26Cl2N2O4/c1-3-35-28(34)26-27(36-16-15-31(19(2)33)21-9-5-4-6-10-21)22-11-7-8-12-25(22)32(26)18-20-13-14-23(29)24(30)17-20/h4-14,17H,3,15-16,18H2,1-2H3. The molecule has 0 radical (unpaired) electrons. The molecule has 4 rings (SSSR count). The number of halogens is 2. The summed E-state index contributed by atoms with van der Waals surface area (Å²) < 4.78 is 13.5. The van der Waals surface area contributed by atoms with E-state index in [0.717, 1.165) is 22.2 Å². The van der Waals surface area contributed by atoms with Crippen LogP contribution in [0.15, 0.2) is 72.8 Å². The lowest BCUT2D eigenvalue weighted by molar-refractivity contribution is -0.116. The summed E-state index contributed by atoms with van der Waals surface area (Å²) in [6.45, 7) is 4.35. The largest absolute Gasteiger partial charge is 0.489 e. The van der Waals surface area contributed by atoms with Crippen molar-refractivity contribution in [1.29, 1.82) is 0 Å². The van der Waals surface area contributed by atoms with Crippen LogP contribution in [0.1, 0.15) is 29.9 Å². The van der Waals surface area contributed by atoms with Crippen molar-refractivity contribution in [3.05, 3.63) is 94.1 Å². The molecule has 0 N–H and O–H groups in total. The molecule has 0 aliphatic carbocycles. The van der Waals surface area contributed by atoms with E-state index in [9.17, 15) is 9.59 Å². The Morgan fingerprint density at radius 3 is 2.36 bits per heavy atom.